The smallest absolute Gasteiger partial charge is 0.411 e. The predicted octanol–water partition coefficient (Wildman–Crippen LogP) is 2.58. The van der Waals surface area contributed by atoms with E-state index in [2.05, 4.69) is 5.32 Å². The lowest BCUT2D eigenvalue weighted by Gasteiger charge is -2.35. The highest BCUT2D eigenvalue weighted by Gasteiger charge is 2.37. The van der Waals surface area contributed by atoms with E-state index < -0.39 is 39.8 Å². The molecule has 0 aromatic heterocycles. The second-order valence-electron chi connectivity index (χ2n) is 9.04. The Morgan fingerprint density at radius 3 is 2.18 bits per heavy atom. The highest BCUT2D eigenvalue weighted by atomic mass is 32.2. The molecule has 9 nitrogen and oxygen atoms in total. The molecule has 0 bridgehead atoms. The monoisotopic (exact) mass is 535 g/mol. The molecule has 0 unspecified atom stereocenters. The zero-order chi connectivity index (χ0) is 27.1. The molecule has 10 heteroatoms. The molecule has 0 saturated heterocycles. The molecule has 0 aliphatic carbocycles. The van der Waals surface area contributed by atoms with Crippen LogP contribution in [0, 0.1) is 0 Å². The molecule has 3 aromatic carbocycles. The normalized spacial score (nSPS) is 15.7. The molecule has 1 aliphatic rings. The fourth-order valence-corrected chi connectivity index (χ4v) is 5.68. The summed E-state index contributed by atoms with van der Waals surface area (Å²) in [7, 11) is -3.69. The largest absolute Gasteiger partial charge is 0.445 e. The zero-order valence-corrected chi connectivity index (χ0v) is 21.5. The highest BCUT2D eigenvalue weighted by Crippen LogP contribution is 2.25. The molecule has 1 aliphatic heterocycles. The van der Waals surface area contributed by atoms with Gasteiger partial charge >= 0.3 is 6.09 Å². The van der Waals surface area contributed by atoms with Crippen molar-refractivity contribution in [2.24, 2.45) is 5.73 Å². The van der Waals surface area contributed by atoms with Crippen molar-refractivity contribution in [3.63, 3.8) is 0 Å². The number of nitrogens with one attached hydrogen (secondary N) is 1. The minimum absolute atomic E-state index is 0.0351. The standard InChI is InChI=1S/C28H29N3O6S/c29-26(32)24(15-16-38(35,36)23-13-5-2-6-14-23)30-27(33)25-17-21-11-7-8-12-22(21)18-31(25)28(34)37-19-20-9-3-1-4-10-20/h1-14,24-25H,15-19H2,(H2,29,32)(H,30,33)/t24-,25+/m1/s1. The second-order valence-corrected chi connectivity index (χ2v) is 11.2. The number of ether oxygens (including phenoxy) is 1. The lowest BCUT2D eigenvalue weighted by Crippen LogP contribution is -2.56. The van der Waals surface area contributed by atoms with Crippen LogP contribution in [0.3, 0.4) is 0 Å². The maximum absolute atomic E-state index is 13.4. The number of rotatable bonds is 9. The SMILES string of the molecule is NC(=O)[C@@H](CCS(=O)(=O)c1ccccc1)NC(=O)[C@@H]1Cc2ccccc2CN1C(=O)OCc1ccccc1. The van der Waals surface area contributed by atoms with Crippen molar-refractivity contribution >= 4 is 27.7 Å². The van der Waals surface area contributed by atoms with E-state index in [4.69, 9.17) is 10.5 Å². The summed E-state index contributed by atoms with van der Waals surface area (Å²) in [5, 5.41) is 2.57. The summed E-state index contributed by atoms with van der Waals surface area (Å²) in [6.07, 6.45) is -0.679. The van der Waals surface area contributed by atoms with E-state index in [9.17, 15) is 22.8 Å². The summed E-state index contributed by atoms with van der Waals surface area (Å²) in [5.41, 5.74) is 8.08. The molecule has 1 heterocycles. The van der Waals surface area contributed by atoms with Crippen LogP contribution in [0.25, 0.3) is 0 Å². The number of benzene rings is 3. The van der Waals surface area contributed by atoms with Gasteiger partial charge in [-0.25, -0.2) is 13.2 Å². The van der Waals surface area contributed by atoms with Gasteiger partial charge in [-0.1, -0.05) is 72.8 Å². The van der Waals surface area contributed by atoms with Gasteiger partial charge in [0.05, 0.1) is 17.2 Å². The minimum atomic E-state index is -3.69. The lowest BCUT2D eigenvalue weighted by molar-refractivity contribution is -0.131. The van der Waals surface area contributed by atoms with E-state index in [1.807, 2.05) is 54.6 Å². The molecule has 0 saturated carbocycles. The number of carbonyl (C=O) groups excluding carboxylic acids is 3. The van der Waals surface area contributed by atoms with Crippen molar-refractivity contribution in [3.8, 4) is 0 Å². The summed E-state index contributed by atoms with van der Waals surface area (Å²) < 4.78 is 30.9. The number of hydrogen-bond acceptors (Lipinski definition) is 6. The molecule has 198 valence electrons. The van der Waals surface area contributed by atoms with Crippen LogP contribution in [0.4, 0.5) is 4.79 Å². The Morgan fingerprint density at radius 2 is 1.53 bits per heavy atom. The number of amides is 3. The Bertz CT molecular complexity index is 1400. The van der Waals surface area contributed by atoms with Gasteiger partial charge in [-0.2, -0.15) is 0 Å². The van der Waals surface area contributed by atoms with Crippen molar-refractivity contribution in [2.75, 3.05) is 5.75 Å². The summed E-state index contributed by atoms with van der Waals surface area (Å²) in [6.45, 7) is 0.179. The van der Waals surface area contributed by atoms with Gasteiger partial charge in [0.25, 0.3) is 0 Å². The third kappa shape index (κ3) is 6.57. The van der Waals surface area contributed by atoms with Crippen molar-refractivity contribution < 1.29 is 27.5 Å². The average molecular weight is 536 g/mol. The van der Waals surface area contributed by atoms with E-state index in [1.54, 1.807) is 18.2 Å². The number of nitrogens with two attached hydrogens (primary N) is 1. The number of fused-ring (bicyclic) bond motifs is 1. The van der Waals surface area contributed by atoms with Crippen LogP contribution >= 0.6 is 0 Å². The lowest BCUT2D eigenvalue weighted by atomic mass is 9.93. The average Bonchev–Trinajstić information content (AvgIpc) is 2.94. The molecule has 2 atom stereocenters. The van der Waals surface area contributed by atoms with Gasteiger partial charge in [0.15, 0.2) is 9.84 Å². The van der Waals surface area contributed by atoms with Gasteiger partial charge in [-0.05, 0) is 35.2 Å². The van der Waals surface area contributed by atoms with Gasteiger partial charge in [-0.15, -0.1) is 0 Å². The van der Waals surface area contributed by atoms with Crippen molar-refractivity contribution in [1.29, 1.82) is 0 Å². The van der Waals surface area contributed by atoms with E-state index in [0.29, 0.717) is 0 Å². The molecular formula is C28H29N3O6S. The first-order valence-corrected chi connectivity index (χ1v) is 13.8. The summed E-state index contributed by atoms with van der Waals surface area (Å²) in [6, 6.07) is 22.2. The number of hydrogen-bond donors (Lipinski definition) is 2. The molecule has 0 fully saturated rings. The van der Waals surface area contributed by atoms with Crippen molar-refractivity contribution in [1.82, 2.24) is 10.2 Å². The van der Waals surface area contributed by atoms with Crippen LogP contribution in [0.1, 0.15) is 23.1 Å². The molecule has 3 amide bonds. The number of nitrogens with zero attached hydrogens (tertiary/aromatic N) is 1. The van der Waals surface area contributed by atoms with E-state index in [1.165, 1.54) is 17.0 Å². The van der Waals surface area contributed by atoms with Crippen LogP contribution in [-0.2, 0) is 43.7 Å². The fourth-order valence-electron chi connectivity index (χ4n) is 4.32. The third-order valence-electron chi connectivity index (χ3n) is 6.43. The van der Waals surface area contributed by atoms with Crippen molar-refractivity contribution in [3.05, 3.63) is 102 Å². The Hall–Kier alpha value is -4.18. The van der Waals surface area contributed by atoms with Gasteiger partial charge in [0, 0.05) is 6.42 Å². The van der Waals surface area contributed by atoms with Gasteiger partial charge in [-0.3, -0.25) is 14.5 Å². The molecule has 38 heavy (non-hydrogen) atoms. The maximum atomic E-state index is 13.4. The van der Waals surface area contributed by atoms with Crippen LogP contribution < -0.4 is 11.1 Å². The van der Waals surface area contributed by atoms with Gasteiger partial charge in [0.2, 0.25) is 11.8 Å². The summed E-state index contributed by atoms with van der Waals surface area (Å²) >= 11 is 0. The van der Waals surface area contributed by atoms with Crippen LogP contribution in [0.5, 0.6) is 0 Å². The number of sulfone groups is 1. The van der Waals surface area contributed by atoms with Crippen LogP contribution in [0.15, 0.2) is 89.8 Å². The minimum Gasteiger partial charge on any atom is -0.445 e. The third-order valence-corrected chi connectivity index (χ3v) is 8.19. The molecular weight excluding hydrogens is 506 g/mol. The molecule has 0 radical (unpaired) electrons. The molecule has 3 N–H and O–H groups in total. The van der Waals surface area contributed by atoms with Crippen molar-refractivity contribution in [2.45, 2.75) is 43.0 Å². The van der Waals surface area contributed by atoms with Crippen LogP contribution in [0.2, 0.25) is 0 Å². The first-order valence-electron chi connectivity index (χ1n) is 12.2. The molecule has 0 spiro atoms. The van der Waals surface area contributed by atoms with E-state index >= 15 is 0 Å². The van der Waals surface area contributed by atoms with Gasteiger partial charge in [0.1, 0.15) is 18.7 Å². The highest BCUT2D eigenvalue weighted by molar-refractivity contribution is 7.91. The topological polar surface area (TPSA) is 136 Å². The first kappa shape index (κ1) is 26.9. The zero-order valence-electron chi connectivity index (χ0n) is 20.7. The predicted molar refractivity (Wildman–Crippen MR) is 140 cm³/mol. The number of primary amides is 1. The van der Waals surface area contributed by atoms with E-state index in [0.717, 1.165) is 16.7 Å². The van der Waals surface area contributed by atoms with Crippen LogP contribution in [-0.4, -0.2) is 49.1 Å². The first-order chi connectivity index (χ1) is 18.2. The Morgan fingerprint density at radius 1 is 0.921 bits per heavy atom. The second kappa shape index (κ2) is 11.9. The van der Waals surface area contributed by atoms with E-state index in [-0.39, 0.29) is 36.6 Å². The summed E-state index contributed by atoms with van der Waals surface area (Å²) in [4.78, 5) is 40.1. The maximum Gasteiger partial charge on any atom is 0.411 e. The number of carbonyl (C=O) groups is 3. The Labute approximate surface area is 221 Å². The molecule has 4 rings (SSSR count). The van der Waals surface area contributed by atoms with Gasteiger partial charge < -0.3 is 15.8 Å². The Balaban J connectivity index is 1.48. The quantitative estimate of drug-likeness (QED) is 0.432. The summed E-state index contributed by atoms with van der Waals surface area (Å²) in [5.74, 6) is -1.87. The molecule has 3 aromatic rings. The fraction of sp³-hybridized carbons (Fsp3) is 0.250. The Kier molecular flexibility index (Phi) is 8.42.